The fraction of sp³-hybridized carbons (Fsp3) is 0.462. The van der Waals surface area contributed by atoms with Crippen molar-refractivity contribution in [2.45, 2.75) is 63.2 Å². The molecule has 0 unspecified atom stereocenters. The Bertz CT molecular complexity index is 1120. The molecule has 0 N–H and O–H groups in total. The molecule has 0 bridgehead atoms. The summed E-state index contributed by atoms with van der Waals surface area (Å²) in [5, 5.41) is 0. The molecule has 0 aliphatic carbocycles. The van der Waals surface area contributed by atoms with Crippen LogP contribution in [-0.2, 0) is 41.0 Å². The number of esters is 2. The minimum absolute atomic E-state index is 0.0195. The number of ether oxygens (including phenoxy) is 4. The number of rotatable bonds is 13. The van der Waals surface area contributed by atoms with Gasteiger partial charge in [-0.25, -0.2) is 18.0 Å². The summed E-state index contributed by atoms with van der Waals surface area (Å²) in [7, 11) is 1.53. The van der Waals surface area contributed by atoms with Gasteiger partial charge in [-0.1, -0.05) is 26.7 Å². The lowest BCUT2D eigenvalue weighted by Gasteiger charge is -2.11. The van der Waals surface area contributed by atoms with Crippen molar-refractivity contribution in [3.8, 4) is 11.5 Å². The predicted octanol–water partition coefficient (Wildman–Crippen LogP) is 5.38. The lowest BCUT2D eigenvalue weighted by molar-refractivity contribution is -0.146. The number of thiol groups is 1. The lowest BCUT2D eigenvalue weighted by Crippen LogP contribution is -2.15. The van der Waals surface area contributed by atoms with Crippen molar-refractivity contribution in [3.63, 3.8) is 0 Å². The number of hydrogen-bond donors (Lipinski definition) is 1. The van der Waals surface area contributed by atoms with Crippen LogP contribution in [0.2, 0.25) is 0 Å². The van der Waals surface area contributed by atoms with E-state index in [1.165, 1.54) is 18.2 Å². The van der Waals surface area contributed by atoms with E-state index in [1.54, 1.807) is 13.8 Å². The molecule has 0 spiro atoms. The third kappa shape index (κ3) is 12.6. The van der Waals surface area contributed by atoms with Gasteiger partial charge in [0.25, 0.3) is 9.05 Å². The highest BCUT2D eigenvalue weighted by Gasteiger charge is 2.14. The molecule has 0 fully saturated rings. The van der Waals surface area contributed by atoms with E-state index in [-0.39, 0.29) is 30.7 Å². The van der Waals surface area contributed by atoms with Crippen molar-refractivity contribution in [1.29, 1.82) is 0 Å². The molecule has 0 amide bonds. The zero-order valence-electron chi connectivity index (χ0n) is 21.6. The second kappa shape index (κ2) is 17.1. The number of benzene rings is 2. The summed E-state index contributed by atoms with van der Waals surface area (Å²) >= 11 is 4.29. The summed E-state index contributed by atoms with van der Waals surface area (Å²) in [6.45, 7) is 7.94. The molecule has 0 radical (unpaired) electrons. The van der Waals surface area contributed by atoms with Gasteiger partial charge in [0.2, 0.25) is 0 Å². The first kappa shape index (κ1) is 32.6. The standard InChI is InChI=1S/C13H17ClO5S.C13H18O3S/c1-3-5-10-8-11(20(14,16)17)6-7-12(10)19-9-13(15)18-4-2;1-3-5-10-8-11(17)6-7-12(10)16-9-13(14)15-4-2/h6-8H,3-5,9H2,1-2H3;6-8,17H,3-5,9H2,1-2H3. The summed E-state index contributed by atoms with van der Waals surface area (Å²) in [4.78, 5) is 23.4. The fourth-order valence-corrected chi connectivity index (χ4v) is 4.19. The Balaban J connectivity index is 0.000000375. The highest BCUT2D eigenvalue weighted by molar-refractivity contribution is 8.13. The van der Waals surface area contributed by atoms with Gasteiger partial charge in [0, 0.05) is 15.6 Å². The number of carbonyl (C=O) groups is 2. The Labute approximate surface area is 229 Å². The monoisotopic (exact) mass is 574 g/mol. The van der Waals surface area contributed by atoms with Gasteiger partial charge in [-0.3, -0.25) is 0 Å². The molecule has 11 heteroatoms. The Morgan fingerprint density at radius 1 is 0.784 bits per heavy atom. The van der Waals surface area contributed by atoms with Crippen molar-refractivity contribution >= 4 is 44.3 Å². The van der Waals surface area contributed by atoms with Gasteiger partial charge in [-0.15, -0.1) is 12.6 Å². The third-order valence-corrected chi connectivity index (χ3v) is 6.33. The second-order valence-corrected chi connectivity index (χ2v) is 10.8. The van der Waals surface area contributed by atoms with Gasteiger partial charge >= 0.3 is 11.9 Å². The molecule has 0 saturated heterocycles. The highest BCUT2D eigenvalue weighted by atomic mass is 35.7. The highest BCUT2D eigenvalue weighted by Crippen LogP contribution is 2.26. The van der Waals surface area contributed by atoms with Crippen molar-refractivity contribution in [3.05, 3.63) is 47.5 Å². The normalized spacial score (nSPS) is 10.6. The van der Waals surface area contributed by atoms with E-state index in [1.807, 2.05) is 25.1 Å². The molecule has 206 valence electrons. The first-order valence-electron chi connectivity index (χ1n) is 12.0. The van der Waals surface area contributed by atoms with Crippen LogP contribution in [0.4, 0.5) is 0 Å². The summed E-state index contributed by atoms with van der Waals surface area (Å²) in [6.07, 6.45) is 3.36. The Hall–Kier alpha value is -2.43. The number of carbonyl (C=O) groups excluding carboxylic acids is 2. The maximum absolute atomic E-state index is 11.3. The zero-order chi connectivity index (χ0) is 27.8. The van der Waals surface area contributed by atoms with Crippen LogP contribution < -0.4 is 9.47 Å². The number of hydrogen-bond acceptors (Lipinski definition) is 9. The van der Waals surface area contributed by atoms with Crippen molar-refractivity contribution in [2.75, 3.05) is 26.4 Å². The molecule has 0 aromatic heterocycles. The third-order valence-electron chi connectivity index (χ3n) is 4.70. The van der Waals surface area contributed by atoms with Crippen LogP contribution >= 0.6 is 23.3 Å². The predicted molar refractivity (Wildman–Crippen MR) is 145 cm³/mol. The molecule has 2 aromatic carbocycles. The van der Waals surface area contributed by atoms with Gasteiger partial charge in [0.05, 0.1) is 18.1 Å². The topological polar surface area (TPSA) is 105 Å². The van der Waals surface area contributed by atoms with Crippen molar-refractivity contribution in [2.24, 2.45) is 0 Å². The molecule has 0 saturated carbocycles. The van der Waals surface area contributed by atoms with Crippen molar-refractivity contribution in [1.82, 2.24) is 0 Å². The van der Waals surface area contributed by atoms with Crippen LogP contribution in [0.5, 0.6) is 11.5 Å². The first-order chi connectivity index (χ1) is 17.5. The average Bonchev–Trinajstić information content (AvgIpc) is 2.83. The van der Waals surface area contributed by atoms with Crippen LogP contribution in [-0.4, -0.2) is 46.8 Å². The van der Waals surface area contributed by atoms with E-state index >= 15 is 0 Å². The Kier molecular flexibility index (Phi) is 15.1. The van der Waals surface area contributed by atoms with Gasteiger partial charge in [0.15, 0.2) is 13.2 Å². The molecule has 0 heterocycles. The maximum Gasteiger partial charge on any atom is 0.344 e. The van der Waals surface area contributed by atoms with E-state index in [9.17, 15) is 18.0 Å². The smallest absolute Gasteiger partial charge is 0.344 e. The minimum Gasteiger partial charge on any atom is -0.482 e. The van der Waals surface area contributed by atoms with E-state index < -0.39 is 15.0 Å². The van der Waals surface area contributed by atoms with Gasteiger partial charge in [-0.2, -0.15) is 0 Å². The van der Waals surface area contributed by atoms with E-state index in [2.05, 4.69) is 19.6 Å². The molecule has 0 aliphatic rings. The summed E-state index contributed by atoms with van der Waals surface area (Å²) in [6, 6.07) is 9.97. The van der Waals surface area contributed by atoms with Crippen LogP contribution in [0, 0.1) is 0 Å². The minimum atomic E-state index is -3.78. The molecule has 0 atom stereocenters. The average molecular weight is 575 g/mol. The number of aryl methyl sites for hydroxylation is 2. The lowest BCUT2D eigenvalue weighted by atomic mass is 10.1. The quantitative estimate of drug-likeness (QED) is 0.193. The molecular weight excluding hydrogens is 540 g/mol. The maximum atomic E-state index is 11.3. The van der Waals surface area contributed by atoms with Gasteiger partial charge in [-0.05, 0) is 74.2 Å². The summed E-state index contributed by atoms with van der Waals surface area (Å²) in [5.74, 6) is 0.385. The molecule has 0 aliphatic heterocycles. The SMILES string of the molecule is CCCc1cc(S(=O)(=O)Cl)ccc1OCC(=O)OCC.CCCc1cc(S)ccc1OCC(=O)OCC. The van der Waals surface area contributed by atoms with Gasteiger partial charge in [0.1, 0.15) is 11.5 Å². The molecule has 2 rings (SSSR count). The summed E-state index contributed by atoms with van der Waals surface area (Å²) < 4.78 is 43.0. The van der Waals surface area contributed by atoms with Crippen LogP contribution in [0.25, 0.3) is 0 Å². The Morgan fingerprint density at radius 3 is 1.68 bits per heavy atom. The largest absolute Gasteiger partial charge is 0.482 e. The van der Waals surface area contributed by atoms with E-state index in [0.717, 1.165) is 35.5 Å². The fourth-order valence-electron chi connectivity index (χ4n) is 3.16. The number of halogens is 1. The van der Waals surface area contributed by atoms with E-state index in [4.69, 9.17) is 29.6 Å². The van der Waals surface area contributed by atoms with E-state index in [0.29, 0.717) is 24.3 Å². The van der Waals surface area contributed by atoms with Crippen LogP contribution in [0.15, 0.2) is 46.2 Å². The molecular formula is C26H35ClO8S2. The van der Waals surface area contributed by atoms with Crippen LogP contribution in [0.1, 0.15) is 51.7 Å². The molecule has 2 aromatic rings. The van der Waals surface area contributed by atoms with Gasteiger partial charge < -0.3 is 18.9 Å². The zero-order valence-corrected chi connectivity index (χ0v) is 24.1. The second-order valence-electron chi connectivity index (χ2n) is 7.69. The molecule has 8 nitrogen and oxygen atoms in total. The Morgan fingerprint density at radius 2 is 1.24 bits per heavy atom. The summed E-state index contributed by atoms with van der Waals surface area (Å²) in [5.41, 5.74) is 1.77. The first-order valence-corrected chi connectivity index (χ1v) is 14.8. The van der Waals surface area contributed by atoms with Crippen LogP contribution in [0.3, 0.4) is 0 Å². The van der Waals surface area contributed by atoms with Crippen molar-refractivity contribution < 1.29 is 37.0 Å². The molecule has 37 heavy (non-hydrogen) atoms.